The van der Waals surface area contributed by atoms with Gasteiger partial charge in [-0.25, -0.2) is 0 Å². The highest BCUT2D eigenvalue weighted by atomic mass is 16.5. The van der Waals surface area contributed by atoms with Crippen LogP contribution in [-0.4, -0.2) is 22.6 Å². The van der Waals surface area contributed by atoms with Crippen molar-refractivity contribution in [2.24, 2.45) is 17.6 Å². The maximum Gasteiger partial charge on any atom is 0.246 e. The largest absolute Gasteiger partial charge is 0.347 e. The first-order valence-electron chi connectivity index (χ1n) is 5.31. The summed E-state index contributed by atoms with van der Waals surface area (Å²) in [5, 5.41) is 6.36. The summed E-state index contributed by atoms with van der Waals surface area (Å²) in [6.45, 7) is 6.25. The molecule has 6 heteroatoms. The fraction of sp³-hybridized carbons (Fsp3) is 0.700. The van der Waals surface area contributed by atoms with Crippen LogP contribution < -0.4 is 11.1 Å². The van der Waals surface area contributed by atoms with Crippen LogP contribution in [0.3, 0.4) is 0 Å². The molecule has 0 aliphatic carbocycles. The smallest absolute Gasteiger partial charge is 0.246 e. The lowest BCUT2D eigenvalue weighted by atomic mass is 9.95. The molecule has 0 aliphatic rings. The van der Waals surface area contributed by atoms with E-state index in [9.17, 15) is 4.79 Å². The fourth-order valence-electron chi connectivity index (χ4n) is 1.39. The molecule has 1 rings (SSSR count). The van der Waals surface area contributed by atoms with Gasteiger partial charge in [0.2, 0.25) is 11.8 Å². The number of nitrogens with zero attached hydrogens (tertiary/aromatic N) is 2. The van der Waals surface area contributed by atoms with Crippen LogP contribution in [0.5, 0.6) is 0 Å². The number of nitrogens with one attached hydrogen (secondary N) is 1. The minimum atomic E-state index is -0.177. The van der Waals surface area contributed by atoms with E-state index in [0.717, 1.165) is 0 Å². The van der Waals surface area contributed by atoms with Crippen molar-refractivity contribution in [1.82, 2.24) is 15.5 Å². The number of carbonyl (C=O) groups excluding carboxylic acids is 1. The molecular weight excluding hydrogens is 208 g/mol. The molecule has 1 aromatic rings. The van der Waals surface area contributed by atoms with E-state index in [1.54, 1.807) is 6.92 Å². The summed E-state index contributed by atoms with van der Waals surface area (Å²) in [4.78, 5) is 15.7. The van der Waals surface area contributed by atoms with Gasteiger partial charge in [0.25, 0.3) is 0 Å². The van der Waals surface area contributed by atoms with Crippen LogP contribution in [0.25, 0.3) is 0 Å². The van der Waals surface area contributed by atoms with Crippen LogP contribution in [0.15, 0.2) is 4.52 Å². The zero-order chi connectivity index (χ0) is 12.1. The second-order valence-corrected chi connectivity index (χ2v) is 4.04. The highest BCUT2D eigenvalue weighted by Gasteiger charge is 2.20. The van der Waals surface area contributed by atoms with Crippen molar-refractivity contribution in [2.45, 2.75) is 27.3 Å². The molecule has 0 saturated heterocycles. The summed E-state index contributed by atoms with van der Waals surface area (Å²) in [6.07, 6.45) is 0. The predicted octanol–water partition coefficient (Wildman–Crippen LogP) is 0.225. The molecule has 0 fully saturated rings. The van der Waals surface area contributed by atoms with Crippen LogP contribution in [0.4, 0.5) is 0 Å². The second kappa shape index (κ2) is 5.60. The Bertz CT molecular complexity index is 348. The van der Waals surface area contributed by atoms with Gasteiger partial charge in [0.1, 0.15) is 0 Å². The molecule has 1 atom stereocenters. The van der Waals surface area contributed by atoms with E-state index < -0.39 is 0 Å². The van der Waals surface area contributed by atoms with Crippen molar-refractivity contribution >= 4 is 5.91 Å². The Morgan fingerprint density at radius 3 is 2.69 bits per heavy atom. The van der Waals surface area contributed by atoms with Crippen LogP contribution in [0.2, 0.25) is 0 Å². The first-order chi connectivity index (χ1) is 7.54. The van der Waals surface area contributed by atoms with Gasteiger partial charge >= 0.3 is 0 Å². The van der Waals surface area contributed by atoms with E-state index in [4.69, 9.17) is 10.3 Å². The Morgan fingerprint density at radius 2 is 2.25 bits per heavy atom. The normalized spacial score (nSPS) is 12.8. The quantitative estimate of drug-likeness (QED) is 0.749. The van der Waals surface area contributed by atoms with E-state index in [1.807, 2.05) is 13.8 Å². The first kappa shape index (κ1) is 12.6. The first-order valence-corrected chi connectivity index (χ1v) is 5.31. The van der Waals surface area contributed by atoms with Gasteiger partial charge in [-0.3, -0.25) is 4.79 Å². The molecule has 0 saturated carbocycles. The maximum atomic E-state index is 11.7. The summed E-state index contributed by atoms with van der Waals surface area (Å²) in [5.74, 6) is 0.931. The van der Waals surface area contributed by atoms with Crippen molar-refractivity contribution in [1.29, 1.82) is 0 Å². The number of carbonyl (C=O) groups is 1. The lowest BCUT2D eigenvalue weighted by Crippen LogP contribution is -2.37. The molecule has 0 spiro atoms. The van der Waals surface area contributed by atoms with Crippen molar-refractivity contribution in [2.75, 3.05) is 6.54 Å². The Morgan fingerprint density at radius 1 is 1.56 bits per heavy atom. The molecule has 0 aromatic carbocycles. The third-order valence-electron chi connectivity index (χ3n) is 2.38. The van der Waals surface area contributed by atoms with Gasteiger partial charge in [0.05, 0.1) is 12.5 Å². The van der Waals surface area contributed by atoms with Crippen LogP contribution in [0.1, 0.15) is 25.6 Å². The summed E-state index contributed by atoms with van der Waals surface area (Å²) >= 11 is 0. The molecule has 1 aromatic heterocycles. The average molecular weight is 226 g/mol. The molecular formula is C10H18N4O2. The van der Waals surface area contributed by atoms with Crippen molar-refractivity contribution in [3.05, 3.63) is 11.7 Å². The highest BCUT2D eigenvalue weighted by Crippen LogP contribution is 2.09. The van der Waals surface area contributed by atoms with Crippen molar-refractivity contribution < 1.29 is 9.32 Å². The highest BCUT2D eigenvalue weighted by molar-refractivity contribution is 5.78. The van der Waals surface area contributed by atoms with E-state index in [1.165, 1.54) is 0 Å². The van der Waals surface area contributed by atoms with Gasteiger partial charge in [0, 0.05) is 6.54 Å². The third kappa shape index (κ3) is 3.30. The number of rotatable bonds is 5. The minimum absolute atomic E-state index is 0.0756. The maximum absolute atomic E-state index is 11.7. The number of amides is 1. The summed E-state index contributed by atoms with van der Waals surface area (Å²) in [6, 6.07) is 0. The standard InChI is InChI=1S/C10H18N4O2/c1-6(2)8(4-11)10(15)12-5-9-13-7(3)14-16-9/h6,8H,4-5,11H2,1-3H3,(H,12,15). The molecule has 1 amide bonds. The molecule has 0 bridgehead atoms. The van der Waals surface area contributed by atoms with Gasteiger partial charge in [-0.2, -0.15) is 4.98 Å². The predicted molar refractivity (Wildman–Crippen MR) is 58.3 cm³/mol. The van der Waals surface area contributed by atoms with Gasteiger partial charge in [-0.1, -0.05) is 19.0 Å². The Balaban J connectivity index is 2.45. The van der Waals surface area contributed by atoms with Crippen LogP contribution in [0, 0.1) is 18.8 Å². The zero-order valence-corrected chi connectivity index (χ0v) is 9.86. The molecule has 3 N–H and O–H groups in total. The van der Waals surface area contributed by atoms with Crippen LogP contribution in [-0.2, 0) is 11.3 Å². The molecule has 1 unspecified atom stereocenters. The molecule has 0 aliphatic heterocycles. The fourth-order valence-corrected chi connectivity index (χ4v) is 1.39. The van der Waals surface area contributed by atoms with Gasteiger partial charge < -0.3 is 15.6 Å². The number of aryl methyl sites for hydroxylation is 1. The number of aromatic nitrogens is 2. The molecule has 16 heavy (non-hydrogen) atoms. The van der Waals surface area contributed by atoms with Gasteiger partial charge in [0.15, 0.2) is 5.82 Å². The van der Waals surface area contributed by atoms with Crippen molar-refractivity contribution in [3.63, 3.8) is 0 Å². The summed E-state index contributed by atoms with van der Waals surface area (Å²) in [5.41, 5.74) is 5.54. The molecule has 1 heterocycles. The summed E-state index contributed by atoms with van der Waals surface area (Å²) in [7, 11) is 0. The third-order valence-corrected chi connectivity index (χ3v) is 2.38. The zero-order valence-electron chi connectivity index (χ0n) is 9.86. The van der Waals surface area contributed by atoms with E-state index in [2.05, 4.69) is 15.5 Å². The number of hydrogen-bond donors (Lipinski definition) is 2. The molecule has 6 nitrogen and oxygen atoms in total. The Hall–Kier alpha value is -1.43. The minimum Gasteiger partial charge on any atom is -0.347 e. The van der Waals surface area contributed by atoms with Gasteiger partial charge in [-0.05, 0) is 12.8 Å². The Labute approximate surface area is 94.6 Å². The van der Waals surface area contributed by atoms with Gasteiger partial charge in [-0.15, -0.1) is 0 Å². The number of hydrogen-bond acceptors (Lipinski definition) is 5. The average Bonchev–Trinajstić information content (AvgIpc) is 2.62. The summed E-state index contributed by atoms with van der Waals surface area (Å²) < 4.78 is 4.88. The lowest BCUT2D eigenvalue weighted by Gasteiger charge is -2.17. The Kier molecular flexibility index (Phi) is 4.42. The second-order valence-electron chi connectivity index (χ2n) is 4.04. The monoisotopic (exact) mass is 226 g/mol. The lowest BCUT2D eigenvalue weighted by molar-refractivity contribution is -0.126. The van der Waals surface area contributed by atoms with Crippen LogP contribution >= 0.6 is 0 Å². The molecule has 90 valence electrons. The SMILES string of the molecule is Cc1noc(CNC(=O)C(CN)C(C)C)n1. The number of nitrogens with two attached hydrogens (primary N) is 1. The topological polar surface area (TPSA) is 94.0 Å². The van der Waals surface area contributed by atoms with E-state index in [-0.39, 0.29) is 24.3 Å². The molecule has 0 radical (unpaired) electrons. The van der Waals surface area contributed by atoms with E-state index in [0.29, 0.717) is 18.3 Å². The van der Waals surface area contributed by atoms with Crippen molar-refractivity contribution in [3.8, 4) is 0 Å². The van der Waals surface area contributed by atoms with E-state index >= 15 is 0 Å².